The number of anilines is 4. The quantitative estimate of drug-likeness (QED) is 0.148. The number of benzene rings is 4. The third-order valence-corrected chi connectivity index (χ3v) is 11.5. The van der Waals surface area contributed by atoms with Crippen molar-refractivity contribution in [2.75, 3.05) is 28.3 Å². The molecule has 2 heterocycles. The molecular formula is C41H35ClFN3O6. The lowest BCUT2D eigenvalue weighted by atomic mass is 9.51. The average Bonchev–Trinajstić information content (AvgIpc) is 3.52. The van der Waals surface area contributed by atoms with Gasteiger partial charge in [0.2, 0.25) is 23.6 Å². The van der Waals surface area contributed by atoms with Crippen LogP contribution in [-0.2, 0) is 19.2 Å². The maximum Gasteiger partial charge on any atom is 0.241 e. The average molecular weight is 720 g/mol. The number of aliphatic hydroxyl groups excluding tert-OH is 1. The smallest absolute Gasteiger partial charge is 0.241 e. The normalized spacial score (nSPS) is 26.5. The zero-order valence-corrected chi connectivity index (χ0v) is 28.9. The van der Waals surface area contributed by atoms with Crippen LogP contribution in [0.25, 0.3) is 0 Å². The number of aliphatic hydroxyl groups is 1. The molecule has 2 N–H and O–H groups in total. The molecule has 4 amide bonds. The maximum absolute atomic E-state index is 14.7. The molecule has 4 aromatic rings. The van der Waals surface area contributed by atoms with Gasteiger partial charge in [0.25, 0.3) is 0 Å². The van der Waals surface area contributed by atoms with Gasteiger partial charge < -0.3 is 15.2 Å². The van der Waals surface area contributed by atoms with Gasteiger partial charge in [0, 0.05) is 22.9 Å². The minimum atomic E-state index is -1.33. The second kappa shape index (κ2) is 13.0. The number of imide groups is 2. The fourth-order valence-corrected chi connectivity index (χ4v) is 9.05. The van der Waals surface area contributed by atoms with Crippen molar-refractivity contribution in [3.63, 3.8) is 0 Å². The summed E-state index contributed by atoms with van der Waals surface area (Å²) in [4.78, 5) is 60.1. The molecule has 0 bridgehead atoms. The van der Waals surface area contributed by atoms with Crippen LogP contribution in [0.3, 0.4) is 0 Å². The van der Waals surface area contributed by atoms with Crippen LogP contribution in [0.15, 0.2) is 109 Å². The number of rotatable bonds is 8. The zero-order chi connectivity index (χ0) is 36.3. The van der Waals surface area contributed by atoms with E-state index in [1.807, 2.05) is 60.7 Å². The van der Waals surface area contributed by atoms with Crippen LogP contribution in [0.2, 0.25) is 5.02 Å². The number of carbonyl (C=O) groups is 4. The minimum absolute atomic E-state index is 0.00569. The van der Waals surface area contributed by atoms with E-state index in [0.717, 1.165) is 27.9 Å². The first-order valence-electron chi connectivity index (χ1n) is 17.3. The molecule has 6 atom stereocenters. The monoisotopic (exact) mass is 719 g/mol. The third kappa shape index (κ3) is 5.23. The summed E-state index contributed by atoms with van der Waals surface area (Å²) in [6.45, 7) is 1.53. The van der Waals surface area contributed by atoms with Gasteiger partial charge in [0.15, 0.2) is 0 Å². The Morgan fingerprint density at radius 2 is 1.54 bits per heavy atom. The van der Waals surface area contributed by atoms with Crippen LogP contribution in [0.1, 0.15) is 31.2 Å². The summed E-state index contributed by atoms with van der Waals surface area (Å²) in [5.41, 5.74) is 2.40. The number of hydrogen-bond donors (Lipinski definition) is 2. The van der Waals surface area contributed by atoms with Crippen molar-refractivity contribution < 1.29 is 33.4 Å². The summed E-state index contributed by atoms with van der Waals surface area (Å²) in [6.07, 6.45) is 2.40. The van der Waals surface area contributed by atoms with Crippen molar-refractivity contribution in [2.45, 2.75) is 25.7 Å². The molecule has 2 saturated heterocycles. The number of carbonyl (C=O) groups excluding carboxylic acids is 4. The van der Waals surface area contributed by atoms with Crippen molar-refractivity contribution in [1.82, 2.24) is 0 Å². The molecule has 52 heavy (non-hydrogen) atoms. The molecule has 4 aromatic carbocycles. The van der Waals surface area contributed by atoms with E-state index in [1.165, 1.54) is 17.0 Å². The van der Waals surface area contributed by atoms with Crippen LogP contribution in [0, 0.1) is 34.9 Å². The molecule has 11 heteroatoms. The molecular weight excluding hydrogens is 685 g/mol. The molecule has 3 fully saturated rings. The molecule has 264 valence electrons. The van der Waals surface area contributed by atoms with E-state index in [2.05, 4.69) is 5.32 Å². The first-order chi connectivity index (χ1) is 25.1. The Morgan fingerprint density at radius 1 is 0.846 bits per heavy atom. The van der Waals surface area contributed by atoms with Gasteiger partial charge in [-0.05, 0) is 86.3 Å². The Bertz CT molecular complexity index is 2140. The van der Waals surface area contributed by atoms with Gasteiger partial charge in [-0.1, -0.05) is 59.6 Å². The minimum Gasteiger partial charge on any atom is -0.491 e. The highest BCUT2D eigenvalue weighted by Crippen LogP contribution is 2.64. The van der Waals surface area contributed by atoms with Crippen molar-refractivity contribution >= 4 is 58.0 Å². The summed E-state index contributed by atoms with van der Waals surface area (Å²) in [7, 11) is 0. The molecule has 1 saturated carbocycles. The Balaban J connectivity index is 1.19. The molecule has 0 aromatic heterocycles. The van der Waals surface area contributed by atoms with Crippen LogP contribution in [-0.4, -0.2) is 41.9 Å². The summed E-state index contributed by atoms with van der Waals surface area (Å²) in [5, 5.41) is 12.7. The molecule has 8 rings (SSSR count). The number of nitrogens with zero attached hydrogens (tertiary/aromatic N) is 2. The summed E-state index contributed by atoms with van der Waals surface area (Å²) in [5.74, 6) is -5.40. The van der Waals surface area contributed by atoms with Crippen molar-refractivity contribution in [3.8, 4) is 5.75 Å². The second-order valence-corrected chi connectivity index (χ2v) is 14.3. The van der Waals surface area contributed by atoms with Crippen LogP contribution >= 0.6 is 11.6 Å². The topological polar surface area (TPSA) is 116 Å². The van der Waals surface area contributed by atoms with Gasteiger partial charge in [-0.25, -0.2) is 9.29 Å². The first kappa shape index (κ1) is 33.8. The molecule has 2 aliphatic heterocycles. The van der Waals surface area contributed by atoms with Crippen LogP contribution < -0.4 is 19.9 Å². The van der Waals surface area contributed by atoms with E-state index in [-0.39, 0.29) is 48.6 Å². The largest absolute Gasteiger partial charge is 0.491 e. The lowest BCUT2D eigenvalue weighted by Gasteiger charge is -2.49. The predicted molar refractivity (Wildman–Crippen MR) is 194 cm³/mol. The fraction of sp³-hybridized carbons (Fsp3) is 0.268. The van der Waals surface area contributed by atoms with Gasteiger partial charge in [0.1, 0.15) is 18.2 Å². The van der Waals surface area contributed by atoms with Gasteiger partial charge in [-0.3, -0.25) is 24.1 Å². The lowest BCUT2D eigenvalue weighted by molar-refractivity contribution is -0.131. The Hall–Kier alpha value is -5.32. The molecule has 9 nitrogen and oxygen atoms in total. The van der Waals surface area contributed by atoms with Gasteiger partial charge in [-0.15, -0.1) is 0 Å². The Kier molecular flexibility index (Phi) is 8.47. The Labute approximate surface area is 304 Å². The van der Waals surface area contributed by atoms with Crippen LogP contribution in [0.5, 0.6) is 5.75 Å². The predicted octanol–water partition coefficient (Wildman–Crippen LogP) is 7.03. The fourth-order valence-electron chi connectivity index (χ4n) is 8.87. The lowest BCUT2D eigenvalue weighted by Crippen LogP contribution is -2.49. The van der Waals surface area contributed by atoms with Gasteiger partial charge in [-0.2, -0.15) is 0 Å². The van der Waals surface area contributed by atoms with E-state index in [1.54, 1.807) is 31.2 Å². The Morgan fingerprint density at radius 3 is 2.27 bits per heavy atom. The number of halogens is 2. The van der Waals surface area contributed by atoms with Gasteiger partial charge in [0.05, 0.1) is 46.2 Å². The van der Waals surface area contributed by atoms with E-state index in [4.69, 9.17) is 16.3 Å². The highest BCUT2D eigenvalue weighted by molar-refractivity contribution is 6.32. The zero-order valence-electron chi connectivity index (χ0n) is 28.2. The van der Waals surface area contributed by atoms with Crippen molar-refractivity contribution in [2.24, 2.45) is 29.1 Å². The van der Waals surface area contributed by atoms with E-state index >= 15 is 0 Å². The second-order valence-electron chi connectivity index (χ2n) is 13.9. The molecule has 4 aliphatic rings. The highest BCUT2D eigenvalue weighted by atomic mass is 35.5. The maximum atomic E-state index is 14.7. The van der Waals surface area contributed by atoms with Crippen molar-refractivity contribution in [3.05, 3.63) is 125 Å². The van der Waals surface area contributed by atoms with Crippen molar-refractivity contribution in [1.29, 1.82) is 0 Å². The molecule has 0 radical (unpaired) electrons. The van der Waals surface area contributed by atoms with E-state index in [9.17, 15) is 28.7 Å². The summed E-state index contributed by atoms with van der Waals surface area (Å²) in [6, 6.07) is 27.7. The highest BCUT2D eigenvalue weighted by Gasteiger charge is 2.68. The number of fused-ring (bicyclic) bond motifs is 4. The van der Waals surface area contributed by atoms with E-state index in [0.29, 0.717) is 17.0 Å². The number of para-hydroxylation sites is 2. The standard InChI is InChI=1S/C41H35ClFN3O6/c1-41-31(38(49)46(40(41)51)26-15-18-33(43)32(42)21-26)22-30-27(36(41)28-9-5-6-10-34(28)52-20-19-47)16-17-29-35(30)39(50)45(37(29)48)25-13-11-24(12-14-25)44-23-7-3-2-4-8-23/h2-16,18,21,29-31,35-36,44,47H,17,19-20,22H2,1H3. The number of hydrogen-bond acceptors (Lipinski definition) is 7. The molecule has 6 unspecified atom stereocenters. The van der Waals surface area contributed by atoms with E-state index < -0.39 is 52.6 Å². The SMILES string of the molecule is CC12C(=O)N(c3ccc(F)c(Cl)c3)C(=O)C1CC1C(=CCC3C(=O)N(c4ccc(Nc5ccccc5)cc4)C(=O)C31)C2c1ccccc1OCCO. The third-order valence-electron chi connectivity index (χ3n) is 11.2. The number of nitrogens with one attached hydrogen (secondary N) is 1. The van der Waals surface area contributed by atoms with Crippen LogP contribution in [0.4, 0.5) is 27.1 Å². The number of ether oxygens (including phenoxy) is 1. The van der Waals surface area contributed by atoms with Gasteiger partial charge >= 0.3 is 0 Å². The first-order valence-corrected chi connectivity index (χ1v) is 17.7. The summed E-state index contributed by atoms with van der Waals surface area (Å²) < 4.78 is 20.2. The molecule has 2 aliphatic carbocycles. The summed E-state index contributed by atoms with van der Waals surface area (Å²) >= 11 is 6.12. The number of allylic oxidation sites excluding steroid dienone is 2. The number of amides is 4. The molecule has 0 spiro atoms.